The van der Waals surface area contributed by atoms with Crippen LogP contribution < -0.4 is 0 Å². The van der Waals surface area contributed by atoms with E-state index in [9.17, 15) is 8.42 Å². The molecule has 1 fully saturated rings. The van der Waals surface area contributed by atoms with Crippen LogP contribution in [0.15, 0.2) is 65.6 Å². The van der Waals surface area contributed by atoms with E-state index in [2.05, 4.69) is 17.1 Å². The van der Waals surface area contributed by atoms with Crippen LogP contribution in [0.4, 0.5) is 0 Å². The lowest BCUT2D eigenvalue weighted by atomic mass is 10.2. The van der Waals surface area contributed by atoms with Crippen molar-refractivity contribution in [3.8, 4) is 6.07 Å². The Morgan fingerprint density at radius 2 is 1.62 bits per heavy atom. The van der Waals surface area contributed by atoms with Gasteiger partial charge in [0.25, 0.3) is 0 Å². The number of benzene rings is 2. The van der Waals surface area contributed by atoms with Crippen molar-refractivity contribution < 1.29 is 8.42 Å². The van der Waals surface area contributed by atoms with Crippen LogP contribution in [0, 0.1) is 11.3 Å². The number of hydrogen-bond acceptors (Lipinski definition) is 4. The van der Waals surface area contributed by atoms with Gasteiger partial charge in [-0.3, -0.25) is 4.90 Å². The fourth-order valence-corrected chi connectivity index (χ4v) is 4.54. The van der Waals surface area contributed by atoms with Gasteiger partial charge in [-0.25, -0.2) is 8.42 Å². The van der Waals surface area contributed by atoms with Gasteiger partial charge in [-0.05, 0) is 17.7 Å². The molecule has 6 heteroatoms. The third kappa shape index (κ3) is 4.20. The summed E-state index contributed by atoms with van der Waals surface area (Å²) in [5, 5.41) is 9.16. The van der Waals surface area contributed by atoms with Crippen molar-refractivity contribution in [3.05, 3.63) is 71.8 Å². The summed E-state index contributed by atoms with van der Waals surface area (Å²) < 4.78 is 27.1. The second-order valence-electron chi connectivity index (χ2n) is 6.13. The van der Waals surface area contributed by atoms with E-state index in [1.54, 1.807) is 12.1 Å². The summed E-state index contributed by atoms with van der Waals surface area (Å²) in [6.45, 7) is 3.00. The van der Waals surface area contributed by atoms with E-state index in [4.69, 9.17) is 5.26 Å². The Labute approximate surface area is 154 Å². The molecular weight excluding hydrogens is 346 g/mol. The predicted molar refractivity (Wildman–Crippen MR) is 102 cm³/mol. The molecule has 1 aliphatic heterocycles. The quantitative estimate of drug-likeness (QED) is 0.815. The van der Waals surface area contributed by atoms with Gasteiger partial charge in [0.05, 0.1) is 10.5 Å². The molecule has 3 rings (SSSR count). The lowest BCUT2D eigenvalue weighted by Gasteiger charge is -2.33. The van der Waals surface area contributed by atoms with E-state index in [1.165, 1.54) is 16.4 Å². The van der Waals surface area contributed by atoms with Crippen molar-refractivity contribution in [1.82, 2.24) is 9.21 Å². The number of rotatable bonds is 5. The number of nitriles is 1. The summed E-state index contributed by atoms with van der Waals surface area (Å²) in [4.78, 5) is 2.32. The number of piperazine rings is 1. The minimum Gasteiger partial charge on any atom is -0.297 e. The van der Waals surface area contributed by atoms with Crippen molar-refractivity contribution in [2.75, 3.05) is 32.7 Å². The van der Waals surface area contributed by atoms with Crippen molar-refractivity contribution in [2.24, 2.45) is 0 Å². The molecule has 0 saturated carbocycles. The maximum Gasteiger partial charge on any atom is 0.244 e. The SMILES string of the molecule is N#Cc1ccccc1S(=O)(=O)N1CCN(CC=Cc2ccccc2)CC1. The minimum absolute atomic E-state index is 0.0972. The third-order valence-corrected chi connectivity index (χ3v) is 6.39. The highest BCUT2D eigenvalue weighted by atomic mass is 32.2. The molecule has 0 atom stereocenters. The Morgan fingerprint density at radius 3 is 2.31 bits per heavy atom. The van der Waals surface area contributed by atoms with Gasteiger partial charge >= 0.3 is 0 Å². The van der Waals surface area contributed by atoms with E-state index in [0.717, 1.165) is 12.1 Å². The molecule has 0 bridgehead atoms. The molecule has 0 amide bonds. The summed E-state index contributed by atoms with van der Waals surface area (Å²) in [6.07, 6.45) is 4.18. The Balaban J connectivity index is 1.60. The molecule has 1 saturated heterocycles. The normalized spacial score (nSPS) is 16.6. The van der Waals surface area contributed by atoms with Crippen LogP contribution in [0.2, 0.25) is 0 Å². The fraction of sp³-hybridized carbons (Fsp3) is 0.250. The van der Waals surface area contributed by atoms with Gasteiger partial charge in [0.15, 0.2) is 0 Å². The second kappa shape index (κ2) is 8.28. The predicted octanol–water partition coefficient (Wildman–Crippen LogP) is 2.58. The van der Waals surface area contributed by atoms with E-state index in [-0.39, 0.29) is 10.5 Å². The first kappa shape index (κ1) is 18.3. The zero-order valence-corrected chi connectivity index (χ0v) is 15.3. The molecule has 26 heavy (non-hydrogen) atoms. The topological polar surface area (TPSA) is 64.4 Å². The zero-order valence-electron chi connectivity index (χ0n) is 14.5. The molecule has 0 aromatic heterocycles. The number of hydrogen-bond donors (Lipinski definition) is 0. The van der Waals surface area contributed by atoms with Crippen molar-refractivity contribution in [3.63, 3.8) is 0 Å². The van der Waals surface area contributed by atoms with Gasteiger partial charge < -0.3 is 0 Å². The first-order valence-electron chi connectivity index (χ1n) is 8.54. The molecule has 0 spiro atoms. The van der Waals surface area contributed by atoms with Crippen LogP contribution in [0.5, 0.6) is 0 Å². The average molecular weight is 367 g/mol. The summed E-state index contributed by atoms with van der Waals surface area (Å²) >= 11 is 0. The third-order valence-electron chi connectivity index (χ3n) is 4.43. The Bertz CT molecular complexity index is 910. The zero-order chi connectivity index (χ0) is 18.4. The van der Waals surface area contributed by atoms with Gasteiger partial charge in [-0.2, -0.15) is 9.57 Å². The summed E-state index contributed by atoms with van der Waals surface area (Å²) in [7, 11) is -3.63. The maximum absolute atomic E-state index is 12.8. The van der Waals surface area contributed by atoms with Crippen LogP contribution in [0.25, 0.3) is 6.08 Å². The molecule has 2 aromatic carbocycles. The number of nitrogens with zero attached hydrogens (tertiary/aromatic N) is 3. The largest absolute Gasteiger partial charge is 0.297 e. The van der Waals surface area contributed by atoms with E-state index in [1.807, 2.05) is 36.4 Å². The Morgan fingerprint density at radius 1 is 0.962 bits per heavy atom. The van der Waals surface area contributed by atoms with Gasteiger partial charge in [-0.15, -0.1) is 0 Å². The monoisotopic (exact) mass is 367 g/mol. The summed E-state index contributed by atoms with van der Waals surface area (Å²) in [5.41, 5.74) is 1.35. The second-order valence-corrected chi connectivity index (χ2v) is 8.03. The van der Waals surface area contributed by atoms with Crippen LogP contribution in [0.3, 0.4) is 0 Å². The van der Waals surface area contributed by atoms with Crippen molar-refractivity contribution in [2.45, 2.75) is 4.90 Å². The highest BCUT2D eigenvalue weighted by molar-refractivity contribution is 7.89. The van der Waals surface area contributed by atoms with Crippen LogP contribution in [0.1, 0.15) is 11.1 Å². The van der Waals surface area contributed by atoms with Crippen LogP contribution in [-0.2, 0) is 10.0 Å². The number of sulfonamides is 1. The molecule has 0 aliphatic carbocycles. The molecule has 0 unspecified atom stereocenters. The van der Waals surface area contributed by atoms with E-state index < -0.39 is 10.0 Å². The highest BCUT2D eigenvalue weighted by Gasteiger charge is 2.29. The first-order chi connectivity index (χ1) is 12.6. The van der Waals surface area contributed by atoms with Gasteiger partial charge in [0.1, 0.15) is 6.07 Å². The molecule has 134 valence electrons. The van der Waals surface area contributed by atoms with Gasteiger partial charge in [0.2, 0.25) is 10.0 Å². The van der Waals surface area contributed by atoms with Crippen molar-refractivity contribution in [1.29, 1.82) is 5.26 Å². The molecule has 1 heterocycles. The molecule has 2 aromatic rings. The summed E-state index contributed by atoms with van der Waals surface area (Å²) in [5.74, 6) is 0. The van der Waals surface area contributed by atoms with E-state index in [0.29, 0.717) is 26.2 Å². The Hall–Kier alpha value is -2.46. The van der Waals surface area contributed by atoms with Gasteiger partial charge in [-0.1, -0.05) is 54.6 Å². The Kier molecular flexibility index (Phi) is 5.84. The molecule has 5 nitrogen and oxygen atoms in total. The van der Waals surface area contributed by atoms with Gasteiger partial charge in [0, 0.05) is 32.7 Å². The fourth-order valence-electron chi connectivity index (χ4n) is 2.98. The molecule has 0 N–H and O–H groups in total. The van der Waals surface area contributed by atoms with E-state index >= 15 is 0 Å². The molecule has 0 radical (unpaired) electrons. The highest BCUT2D eigenvalue weighted by Crippen LogP contribution is 2.21. The lowest BCUT2D eigenvalue weighted by Crippen LogP contribution is -2.48. The van der Waals surface area contributed by atoms with Crippen LogP contribution in [-0.4, -0.2) is 50.3 Å². The molecule has 1 aliphatic rings. The molecular formula is C20H21N3O2S. The average Bonchev–Trinajstić information content (AvgIpc) is 2.69. The maximum atomic E-state index is 12.8. The lowest BCUT2D eigenvalue weighted by molar-refractivity contribution is 0.204. The smallest absolute Gasteiger partial charge is 0.244 e. The summed E-state index contributed by atoms with van der Waals surface area (Å²) in [6, 6.07) is 18.4. The first-order valence-corrected chi connectivity index (χ1v) is 9.98. The van der Waals surface area contributed by atoms with Crippen LogP contribution >= 0.6 is 0 Å². The minimum atomic E-state index is -3.63. The van der Waals surface area contributed by atoms with Crippen molar-refractivity contribution >= 4 is 16.1 Å². The standard InChI is InChI=1S/C20H21N3O2S/c21-17-19-10-4-5-11-20(19)26(24,25)23-15-13-22(14-16-23)12-6-9-18-7-2-1-3-8-18/h1-11H,12-16H2.